The molecule has 13 heteroatoms. The predicted molar refractivity (Wildman–Crippen MR) is 131 cm³/mol. The molecule has 2 aliphatic rings. The van der Waals surface area contributed by atoms with Crippen LogP contribution in [0.4, 0.5) is 29.2 Å². The average Bonchev–Trinajstić information content (AvgIpc) is 3.49. The molecular weight excluding hydrogens is 526 g/mol. The van der Waals surface area contributed by atoms with Crippen LogP contribution in [-0.2, 0) is 16.6 Å². The van der Waals surface area contributed by atoms with Crippen molar-refractivity contribution in [2.45, 2.75) is 43.7 Å². The minimum atomic E-state index is -4.28. The number of halogens is 5. The Balaban J connectivity index is 1.45. The van der Waals surface area contributed by atoms with Crippen molar-refractivity contribution in [3.8, 4) is 11.5 Å². The Hall–Kier alpha value is -3.80. The second-order valence-corrected chi connectivity index (χ2v) is 9.95. The fourth-order valence-electron chi connectivity index (χ4n) is 5.31. The average molecular weight is 546 g/mol. The molecule has 1 atom stereocenters. The Bertz CT molecular complexity index is 1600. The molecule has 1 aromatic carbocycles. The van der Waals surface area contributed by atoms with Gasteiger partial charge in [0.2, 0.25) is 5.91 Å². The van der Waals surface area contributed by atoms with Crippen LogP contribution in [0.25, 0.3) is 17.2 Å². The Morgan fingerprint density at radius 3 is 2.71 bits per heavy atom. The highest BCUT2D eigenvalue weighted by molar-refractivity contribution is 6.30. The Kier molecular flexibility index (Phi) is 5.56. The lowest BCUT2D eigenvalue weighted by Crippen LogP contribution is -2.39. The van der Waals surface area contributed by atoms with Gasteiger partial charge in [0.15, 0.2) is 11.5 Å². The van der Waals surface area contributed by atoms with E-state index in [9.17, 15) is 18.0 Å². The summed E-state index contributed by atoms with van der Waals surface area (Å²) in [6.07, 6.45) is 0.743. The van der Waals surface area contributed by atoms with Crippen molar-refractivity contribution >= 4 is 34.8 Å². The summed E-state index contributed by atoms with van der Waals surface area (Å²) < 4.78 is 54.9. The quantitative estimate of drug-likeness (QED) is 0.326. The summed E-state index contributed by atoms with van der Waals surface area (Å²) >= 11 is 5.96. The number of nitrogens with zero attached hydrogens (tertiary/aromatic N) is 5. The zero-order chi connectivity index (χ0) is 26.8. The maximum absolute atomic E-state index is 15.2. The second-order valence-electron chi connectivity index (χ2n) is 9.52. The van der Waals surface area contributed by atoms with E-state index in [2.05, 4.69) is 25.3 Å². The number of carbonyl (C=O) groups is 1. The number of rotatable bonds is 6. The van der Waals surface area contributed by atoms with Gasteiger partial charge in [-0.15, -0.1) is 0 Å². The summed E-state index contributed by atoms with van der Waals surface area (Å²) in [7, 11) is 0. The van der Waals surface area contributed by atoms with Crippen molar-refractivity contribution in [3.63, 3.8) is 0 Å². The molecule has 3 N–H and O–H groups in total. The van der Waals surface area contributed by atoms with Gasteiger partial charge in [-0.1, -0.05) is 17.7 Å². The van der Waals surface area contributed by atoms with Crippen LogP contribution in [0.2, 0.25) is 5.02 Å². The fraction of sp³-hybridized carbons (Fsp3) is 0.320. The Morgan fingerprint density at radius 2 is 2.00 bits per heavy atom. The zero-order valence-electron chi connectivity index (χ0n) is 19.7. The van der Waals surface area contributed by atoms with Crippen LogP contribution in [0.15, 0.2) is 36.8 Å². The monoisotopic (exact) mass is 545 g/mol. The molecule has 1 aliphatic heterocycles. The first-order valence-corrected chi connectivity index (χ1v) is 12.3. The SMILES string of the molecule is Nc1nc(-c2cn3ccnc3c(CCCC(F)(F)F)n2)nc2c1C(c1ccc(Cl)cc1F)(C1CC1)C(=O)N2. The van der Waals surface area contributed by atoms with Crippen molar-refractivity contribution < 1.29 is 22.4 Å². The van der Waals surface area contributed by atoms with Gasteiger partial charge < -0.3 is 15.5 Å². The summed E-state index contributed by atoms with van der Waals surface area (Å²) in [4.78, 5) is 31.2. The van der Waals surface area contributed by atoms with E-state index in [1.165, 1.54) is 18.3 Å². The van der Waals surface area contributed by atoms with Gasteiger partial charge in [-0.25, -0.2) is 24.3 Å². The summed E-state index contributed by atoms with van der Waals surface area (Å²) in [5, 5.41) is 2.95. The Labute approximate surface area is 218 Å². The standard InChI is InChI=1S/C25H20ClF4N7O/c26-13-5-6-14(15(27)10-13)25(12-3-4-12)18-19(31)34-20(35-21(18)36-23(25)38)17-11-37-9-8-32-22(37)16(33-17)2-1-7-24(28,29)30/h5-6,8-12H,1-4,7H2,(H3,31,34,35,36,38). The number of benzene rings is 1. The number of imidazole rings is 1. The van der Waals surface area contributed by atoms with Crippen LogP contribution in [0.3, 0.4) is 0 Å². The third-order valence-corrected chi connectivity index (χ3v) is 7.25. The fourth-order valence-corrected chi connectivity index (χ4v) is 5.47. The van der Waals surface area contributed by atoms with E-state index in [1.54, 1.807) is 16.8 Å². The number of hydrogen-bond acceptors (Lipinski definition) is 6. The van der Waals surface area contributed by atoms with Crippen molar-refractivity contribution in [3.05, 3.63) is 64.5 Å². The molecule has 6 rings (SSSR count). The number of anilines is 2. The molecule has 1 amide bonds. The van der Waals surface area contributed by atoms with Crippen molar-refractivity contribution in [2.24, 2.45) is 5.92 Å². The predicted octanol–water partition coefficient (Wildman–Crippen LogP) is 5.09. The number of fused-ring (bicyclic) bond motifs is 2. The van der Waals surface area contributed by atoms with E-state index in [4.69, 9.17) is 17.3 Å². The zero-order valence-corrected chi connectivity index (χ0v) is 20.4. The summed E-state index contributed by atoms with van der Waals surface area (Å²) in [6, 6.07) is 4.16. The van der Waals surface area contributed by atoms with Gasteiger partial charge in [0.1, 0.15) is 28.6 Å². The number of nitrogens with one attached hydrogen (secondary N) is 1. The molecule has 4 heterocycles. The van der Waals surface area contributed by atoms with Crippen LogP contribution in [0.5, 0.6) is 0 Å². The minimum absolute atomic E-state index is 0.0178. The van der Waals surface area contributed by atoms with Gasteiger partial charge in [-0.2, -0.15) is 13.2 Å². The van der Waals surface area contributed by atoms with Crippen molar-refractivity contribution in [1.29, 1.82) is 0 Å². The molecule has 0 radical (unpaired) electrons. The number of alkyl halides is 3. The van der Waals surface area contributed by atoms with Crippen LogP contribution < -0.4 is 11.1 Å². The number of aromatic nitrogens is 5. The smallest absolute Gasteiger partial charge is 0.383 e. The van der Waals surface area contributed by atoms with Gasteiger partial charge in [0.05, 0.1) is 11.3 Å². The van der Waals surface area contributed by atoms with Gasteiger partial charge in [-0.05, 0) is 43.7 Å². The highest BCUT2D eigenvalue weighted by Crippen LogP contribution is 2.58. The molecule has 0 bridgehead atoms. The number of carbonyl (C=O) groups excluding carboxylic acids is 1. The maximum Gasteiger partial charge on any atom is 0.389 e. The van der Waals surface area contributed by atoms with Gasteiger partial charge in [0.25, 0.3) is 0 Å². The van der Waals surface area contributed by atoms with E-state index < -0.39 is 29.7 Å². The minimum Gasteiger partial charge on any atom is -0.383 e. The first kappa shape index (κ1) is 24.5. The van der Waals surface area contributed by atoms with Crippen LogP contribution >= 0.6 is 11.6 Å². The molecule has 8 nitrogen and oxygen atoms in total. The number of aryl methyl sites for hydroxylation is 1. The second kappa shape index (κ2) is 8.62. The number of hydrogen-bond donors (Lipinski definition) is 2. The van der Waals surface area contributed by atoms with Crippen molar-refractivity contribution in [1.82, 2.24) is 24.3 Å². The third kappa shape index (κ3) is 3.94. The first-order valence-electron chi connectivity index (χ1n) is 11.9. The highest BCUT2D eigenvalue weighted by Gasteiger charge is 2.60. The molecule has 0 saturated heterocycles. The summed E-state index contributed by atoms with van der Waals surface area (Å²) in [5.41, 5.74) is 6.47. The van der Waals surface area contributed by atoms with E-state index in [0.717, 1.165) is 6.07 Å². The topological polar surface area (TPSA) is 111 Å². The van der Waals surface area contributed by atoms with E-state index >= 15 is 4.39 Å². The molecule has 4 aromatic rings. The van der Waals surface area contributed by atoms with E-state index in [1.807, 2.05) is 0 Å². The number of amides is 1. The number of nitrogen functional groups attached to an aromatic ring is 1. The molecule has 1 aliphatic carbocycles. The van der Waals surface area contributed by atoms with Crippen LogP contribution in [0, 0.1) is 11.7 Å². The van der Waals surface area contributed by atoms with E-state index in [0.29, 0.717) is 29.7 Å². The van der Waals surface area contributed by atoms with Crippen LogP contribution in [0.1, 0.15) is 42.5 Å². The Morgan fingerprint density at radius 1 is 1.21 bits per heavy atom. The molecular formula is C25H20ClF4N7O. The van der Waals surface area contributed by atoms with Gasteiger partial charge >= 0.3 is 6.18 Å². The number of nitrogens with two attached hydrogens (primary N) is 1. The maximum atomic E-state index is 15.2. The highest BCUT2D eigenvalue weighted by atomic mass is 35.5. The lowest BCUT2D eigenvalue weighted by molar-refractivity contribution is -0.135. The summed E-state index contributed by atoms with van der Waals surface area (Å²) in [6.45, 7) is 0. The molecule has 0 spiro atoms. The molecule has 1 fully saturated rings. The molecule has 1 saturated carbocycles. The molecule has 38 heavy (non-hydrogen) atoms. The van der Waals surface area contributed by atoms with Gasteiger partial charge in [-0.3, -0.25) is 4.79 Å². The summed E-state index contributed by atoms with van der Waals surface area (Å²) in [5.74, 6) is -1.10. The largest absolute Gasteiger partial charge is 0.389 e. The molecule has 3 aromatic heterocycles. The third-order valence-electron chi connectivity index (χ3n) is 7.01. The lowest BCUT2D eigenvalue weighted by Gasteiger charge is -2.29. The van der Waals surface area contributed by atoms with Gasteiger partial charge in [0, 0.05) is 35.6 Å². The normalized spacial score (nSPS) is 19.1. The molecule has 196 valence electrons. The van der Waals surface area contributed by atoms with E-state index in [-0.39, 0.29) is 52.5 Å². The first-order chi connectivity index (χ1) is 18.1. The molecule has 1 unspecified atom stereocenters. The van der Waals surface area contributed by atoms with Crippen molar-refractivity contribution in [2.75, 3.05) is 11.1 Å². The van der Waals surface area contributed by atoms with Crippen LogP contribution in [-0.4, -0.2) is 36.4 Å². The lowest BCUT2D eigenvalue weighted by atomic mass is 9.71.